The highest BCUT2D eigenvalue weighted by Crippen LogP contribution is 2.45. The molecule has 2 N–H and O–H groups in total. The number of rotatable bonds is 10. The smallest absolute Gasteiger partial charge is 0.416 e. The maximum absolute atomic E-state index is 13.8. The molecule has 0 radical (unpaired) electrons. The number of nitrogens with one attached hydrogen (secondary N) is 2. The van der Waals surface area contributed by atoms with E-state index in [1.165, 1.54) is 12.1 Å². The number of benzene rings is 2. The van der Waals surface area contributed by atoms with Crippen molar-refractivity contribution >= 4 is 17.8 Å². The molecule has 0 aliphatic carbocycles. The number of halogens is 3. The van der Waals surface area contributed by atoms with Gasteiger partial charge in [0.05, 0.1) is 47.1 Å². The molecule has 9 nitrogen and oxygen atoms in total. The molecular weight excluding hydrogens is 599 g/mol. The Labute approximate surface area is 263 Å². The van der Waals surface area contributed by atoms with E-state index < -0.39 is 17.7 Å². The fraction of sp³-hybridized carbons (Fsp3) is 0.324. The van der Waals surface area contributed by atoms with Gasteiger partial charge in [0.2, 0.25) is 0 Å². The van der Waals surface area contributed by atoms with E-state index in [2.05, 4.69) is 15.3 Å². The number of imidazole rings is 1. The summed E-state index contributed by atoms with van der Waals surface area (Å²) in [6, 6.07) is 11.4. The molecule has 4 heterocycles. The number of H-pyrrole nitrogens is 1. The van der Waals surface area contributed by atoms with E-state index in [9.17, 15) is 27.6 Å². The van der Waals surface area contributed by atoms with Gasteiger partial charge in [0.1, 0.15) is 0 Å². The monoisotopic (exact) mass is 631 g/mol. The van der Waals surface area contributed by atoms with Crippen molar-refractivity contribution in [2.75, 3.05) is 19.7 Å². The summed E-state index contributed by atoms with van der Waals surface area (Å²) in [5, 5.41) is 2.88. The molecule has 2 aliphatic heterocycles. The van der Waals surface area contributed by atoms with Gasteiger partial charge in [0, 0.05) is 42.5 Å². The maximum atomic E-state index is 13.8. The average molecular weight is 632 g/mol. The van der Waals surface area contributed by atoms with E-state index >= 15 is 0 Å². The number of nitrogens with zero attached hydrogens (tertiary/aromatic N) is 3. The van der Waals surface area contributed by atoms with Crippen molar-refractivity contribution in [2.45, 2.75) is 51.2 Å². The minimum Gasteiger partial charge on any atom is -0.462 e. The minimum atomic E-state index is -4.44. The van der Waals surface area contributed by atoms with Crippen LogP contribution in [0.2, 0.25) is 0 Å². The summed E-state index contributed by atoms with van der Waals surface area (Å²) in [6.45, 7) is 2.75. The number of hydrogen-bond donors (Lipinski definition) is 2. The number of aryl methyl sites for hydroxylation is 2. The number of aromatic nitrogens is 3. The summed E-state index contributed by atoms with van der Waals surface area (Å²) in [5.41, 5.74) is 3.67. The Bertz CT molecular complexity index is 1750. The first-order valence-electron chi connectivity index (χ1n) is 15.2. The van der Waals surface area contributed by atoms with Crippen LogP contribution in [-0.4, -0.2) is 57.3 Å². The minimum absolute atomic E-state index is 0.0913. The van der Waals surface area contributed by atoms with E-state index in [1.54, 1.807) is 48.6 Å². The third-order valence-corrected chi connectivity index (χ3v) is 8.43. The highest BCUT2D eigenvalue weighted by atomic mass is 19.4. The normalized spacial score (nSPS) is 15.5. The van der Waals surface area contributed by atoms with Crippen molar-refractivity contribution in [1.82, 2.24) is 25.2 Å². The Hall–Kier alpha value is -5.00. The average Bonchev–Trinajstić information content (AvgIpc) is 3.80. The molecule has 2 aliphatic rings. The summed E-state index contributed by atoms with van der Waals surface area (Å²) in [6.07, 6.45) is 1.53. The van der Waals surface area contributed by atoms with Crippen LogP contribution in [0.1, 0.15) is 85.1 Å². The lowest BCUT2D eigenvalue weighted by Gasteiger charge is -2.18. The summed E-state index contributed by atoms with van der Waals surface area (Å²) >= 11 is 0. The summed E-state index contributed by atoms with van der Waals surface area (Å²) in [7, 11) is 0. The van der Waals surface area contributed by atoms with Crippen LogP contribution in [0.25, 0.3) is 11.1 Å². The molecule has 46 heavy (non-hydrogen) atoms. The molecular formula is C34H32F3N5O4. The van der Waals surface area contributed by atoms with Crippen molar-refractivity contribution in [3.05, 3.63) is 106 Å². The van der Waals surface area contributed by atoms with Crippen LogP contribution in [0, 0.1) is 0 Å². The zero-order valence-corrected chi connectivity index (χ0v) is 25.1. The molecule has 12 heteroatoms. The number of fused-ring (bicyclic) bond motifs is 3. The van der Waals surface area contributed by atoms with Crippen molar-refractivity contribution in [3.8, 4) is 11.1 Å². The zero-order chi connectivity index (χ0) is 32.4. The van der Waals surface area contributed by atoms with Gasteiger partial charge in [0.15, 0.2) is 0 Å². The second kappa shape index (κ2) is 12.8. The number of hydrogen-bond acceptors (Lipinski definition) is 6. The Balaban J connectivity index is 1.36. The van der Waals surface area contributed by atoms with Crippen LogP contribution in [0.15, 0.2) is 61.1 Å². The first-order chi connectivity index (χ1) is 22.2. The van der Waals surface area contributed by atoms with E-state index in [-0.39, 0.29) is 36.4 Å². The van der Waals surface area contributed by atoms with E-state index in [4.69, 9.17) is 9.72 Å². The standard InChI is InChI=1S/C34H32F3N5O4/c1-2-46-33(45)28-25(14-7-20-5-12-23(13-6-20)34(35,36)37)41-30-26-4-3-17-42(26)32(44)29(30)27(28)21-8-10-22(11-9-21)31(43)39-16-15-24-18-38-19-40-24/h5-6,8-13,18-19,26H,2-4,7,14-17H2,1H3,(H,38,40)(H,39,43)/t26-/m0/s1. The quantitative estimate of drug-likeness (QED) is 0.217. The summed E-state index contributed by atoms with van der Waals surface area (Å²) in [4.78, 5) is 53.8. The van der Waals surface area contributed by atoms with Gasteiger partial charge in [-0.15, -0.1) is 0 Å². The number of amides is 2. The number of pyridine rings is 1. The Morgan fingerprint density at radius 3 is 2.48 bits per heavy atom. The molecule has 2 amide bonds. The van der Waals surface area contributed by atoms with Crippen LogP contribution < -0.4 is 5.32 Å². The molecule has 0 bridgehead atoms. The second-order valence-electron chi connectivity index (χ2n) is 11.3. The van der Waals surface area contributed by atoms with Gasteiger partial charge in [0.25, 0.3) is 11.8 Å². The van der Waals surface area contributed by atoms with Crippen LogP contribution in [0.5, 0.6) is 0 Å². The van der Waals surface area contributed by atoms with Crippen LogP contribution >= 0.6 is 0 Å². The SMILES string of the molecule is CCOC(=O)c1c(CCc2ccc(C(F)(F)F)cc2)nc2c(c1-c1ccc(C(=O)NCCc3cnc[nH]3)cc1)C(=O)N1CCC[C@@H]21. The molecule has 2 aromatic carbocycles. The lowest BCUT2D eigenvalue weighted by molar-refractivity contribution is -0.137. The van der Waals surface area contributed by atoms with Crippen molar-refractivity contribution in [1.29, 1.82) is 0 Å². The fourth-order valence-corrected chi connectivity index (χ4v) is 6.19. The number of esters is 1. The van der Waals surface area contributed by atoms with Crippen molar-refractivity contribution in [2.24, 2.45) is 0 Å². The molecule has 4 aromatic rings. The molecule has 6 rings (SSSR count). The first kappa shape index (κ1) is 31.0. The molecule has 1 atom stereocenters. The van der Waals surface area contributed by atoms with E-state index in [0.717, 1.165) is 30.7 Å². The van der Waals surface area contributed by atoms with E-state index in [1.807, 2.05) is 0 Å². The first-order valence-corrected chi connectivity index (χ1v) is 15.2. The lowest BCUT2D eigenvalue weighted by atomic mass is 9.89. The molecule has 238 valence electrons. The third-order valence-electron chi connectivity index (χ3n) is 8.43. The third kappa shape index (κ3) is 6.11. The number of alkyl halides is 3. The van der Waals surface area contributed by atoms with Gasteiger partial charge < -0.3 is 19.9 Å². The topological polar surface area (TPSA) is 117 Å². The lowest BCUT2D eigenvalue weighted by Crippen LogP contribution is -2.25. The molecule has 1 saturated heterocycles. The van der Waals surface area contributed by atoms with Gasteiger partial charge in [-0.2, -0.15) is 13.2 Å². The van der Waals surface area contributed by atoms with Crippen LogP contribution in [0.3, 0.4) is 0 Å². The van der Waals surface area contributed by atoms with Crippen molar-refractivity contribution in [3.63, 3.8) is 0 Å². The van der Waals surface area contributed by atoms with Gasteiger partial charge in [-0.05, 0) is 68.0 Å². The van der Waals surface area contributed by atoms with Gasteiger partial charge in [-0.1, -0.05) is 24.3 Å². The predicted octanol–water partition coefficient (Wildman–Crippen LogP) is 5.72. The maximum Gasteiger partial charge on any atom is 0.416 e. The molecule has 0 spiro atoms. The van der Waals surface area contributed by atoms with Gasteiger partial charge >= 0.3 is 12.1 Å². The number of carbonyl (C=O) groups is 3. The summed E-state index contributed by atoms with van der Waals surface area (Å²) in [5.74, 6) is -1.12. The molecule has 0 unspecified atom stereocenters. The predicted molar refractivity (Wildman–Crippen MR) is 162 cm³/mol. The van der Waals surface area contributed by atoms with Gasteiger partial charge in [-0.25, -0.2) is 9.78 Å². The van der Waals surface area contributed by atoms with Gasteiger partial charge in [-0.3, -0.25) is 14.6 Å². The van der Waals surface area contributed by atoms with Crippen molar-refractivity contribution < 1.29 is 32.3 Å². The van der Waals surface area contributed by atoms with Crippen LogP contribution in [-0.2, 0) is 30.2 Å². The van der Waals surface area contributed by atoms with Crippen LogP contribution in [0.4, 0.5) is 13.2 Å². The van der Waals surface area contributed by atoms with E-state index in [0.29, 0.717) is 65.1 Å². The number of aromatic amines is 1. The number of carbonyl (C=O) groups excluding carboxylic acids is 3. The number of ether oxygens (including phenoxy) is 1. The molecule has 2 aromatic heterocycles. The fourth-order valence-electron chi connectivity index (χ4n) is 6.19. The highest BCUT2D eigenvalue weighted by Gasteiger charge is 2.44. The second-order valence-corrected chi connectivity index (χ2v) is 11.3. The largest absolute Gasteiger partial charge is 0.462 e. The Kier molecular flexibility index (Phi) is 8.61. The zero-order valence-electron chi connectivity index (χ0n) is 25.1. The Morgan fingerprint density at radius 1 is 1.04 bits per heavy atom. The Morgan fingerprint density at radius 2 is 1.80 bits per heavy atom. The molecule has 0 saturated carbocycles. The summed E-state index contributed by atoms with van der Waals surface area (Å²) < 4.78 is 44.8. The molecule has 1 fully saturated rings. The highest BCUT2D eigenvalue weighted by molar-refractivity contribution is 6.11.